The monoisotopic (exact) mass is 230 g/mol. The number of halogens is 1. The van der Waals surface area contributed by atoms with Crippen molar-refractivity contribution in [1.82, 2.24) is 0 Å². The fraction of sp³-hybridized carbons (Fsp3) is 0.400. The zero-order valence-electron chi connectivity index (χ0n) is 7.61. The molecule has 76 valence electrons. The Balaban J connectivity index is 2.61. The molecule has 1 atom stereocenters. The number of rotatable bonds is 1. The summed E-state index contributed by atoms with van der Waals surface area (Å²) in [5, 5.41) is 0. The number of hydrogen-bond donors (Lipinski definition) is 0. The van der Waals surface area contributed by atoms with Crippen LogP contribution in [-0.2, 0) is 9.84 Å². The van der Waals surface area contributed by atoms with E-state index in [1.807, 2.05) is 12.1 Å². The van der Waals surface area contributed by atoms with Crippen molar-refractivity contribution in [2.45, 2.75) is 17.2 Å². The maximum absolute atomic E-state index is 11.7. The predicted molar refractivity (Wildman–Crippen MR) is 56.6 cm³/mol. The first-order valence-corrected chi connectivity index (χ1v) is 6.71. The number of hydrogen-bond acceptors (Lipinski definition) is 2. The van der Waals surface area contributed by atoms with Gasteiger partial charge in [-0.15, -0.1) is 11.6 Å². The molecule has 1 heterocycles. The first-order chi connectivity index (χ1) is 6.65. The lowest BCUT2D eigenvalue weighted by atomic mass is 9.98. The standard InChI is InChI=1S/C10H11ClO2S/c11-7-8-5-6-14(12,13)10-4-2-1-3-9(8)10/h1-4,8H,5-7H2. The summed E-state index contributed by atoms with van der Waals surface area (Å²) in [6.45, 7) is 0. The van der Waals surface area contributed by atoms with Crippen molar-refractivity contribution in [3.05, 3.63) is 29.8 Å². The molecule has 1 aromatic rings. The minimum absolute atomic E-state index is 0.191. The molecular weight excluding hydrogens is 220 g/mol. The number of fused-ring (bicyclic) bond motifs is 1. The maximum Gasteiger partial charge on any atom is 0.178 e. The summed E-state index contributed by atoms with van der Waals surface area (Å²) >= 11 is 5.81. The molecule has 1 aliphatic heterocycles. The third kappa shape index (κ3) is 1.55. The molecule has 0 amide bonds. The average molecular weight is 231 g/mol. The second-order valence-electron chi connectivity index (χ2n) is 3.50. The first-order valence-electron chi connectivity index (χ1n) is 4.53. The topological polar surface area (TPSA) is 34.1 Å². The van der Waals surface area contributed by atoms with Gasteiger partial charge >= 0.3 is 0 Å². The van der Waals surface area contributed by atoms with Crippen LogP contribution in [0.15, 0.2) is 29.2 Å². The van der Waals surface area contributed by atoms with Gasteiger partial charge in [-0.1, -0.05) is 18.2 Å². The highest BCUT2D eigenvalue weighted by molar-refractivity contribution is 7.91. The Morgan fingerprint density at radius 2 is 2.07 bits per heavy atom. The van der Waals surface area contributed by atoms with Crippen LogP contribution in [0.1, 0.15) is 17.9 Å². The van der Waals surface area contributed by atoms with Crippen LogP contribution in [0, 0.1) is 0 Å². The second kappa shape index (κ2) is 3.55. The minimum atomic E-state index is -3.04. The van der Waals surface area contributed by atoms with E-state index >= 15 is 0 Å². The van der Waals surface area contributed by atoms with Gasteiger partial charge in [0.05, 0.1) is 10.6 Å². The third-order valence-electron chi connectivity index (χ3n) is 2.62. The molecule has 0 radical (unpaired) electrons. The Hall–Kier alpha value is -0.540. The number of benzene rings is 1. The van der Waals surface area contributed by atoms with Crippen LogP contribution in [0.2, 0.25) is 0 Å². The van der Waals surface area contributed by atoms with Crippen LogP contribution in [0.3, 0.4) is 0 Å². The molecule has 2 nitrogen and oxygen atoms in total. The van der Waals surface area contributed by atoms with Crippen LogP contribution in [0.25, 0.3) is 0 Å². The van der Waals surface area contributed by atoms with Gasteiger partial charge in [0.25, 0.3) is 0 Å². The van der Waals surface area contributed by atoms with Gasteiger partial charge in [-0.2, -0.15) is 0 Å². The Morgan fingerprint density at radius 1 is 1.36 bits per heavy atom. The van der Waals surface area contributed by atoms with Gasteiger partial charge in [-0.25, -0.2) is 8.42 Å². The Kier molecular flexibility index (Phi) is 2.54. The molecule has 0 saturated heterocycles. The van der Waals surface area contributed by atoms with Crippen molar-refractivity contribution in [2.24, 2.45) is 0 Å². The molecule has 0 bridgehead atoms. The molecule has 0 fully saturated rings. The van der Waals surface area contributed by atoms with E-state index in [0.717, 1.165) is 5.56 Å². The molecule has 1 aliphatic rings. The molecule has 0 N–H and O–H groups in total. The smallest absolute Gasteiger partial charge is 0.178 e. The van der Waals surface area contributed by atoms with Crippen molar-refractivity contribution >= 4 is 21.4 Å². The van der Waals surface area contributed by atoms with E-state index in [-0.39, 0.29) is 11.7 Å². The third-order valence-corrected chi connectivity index (χ3v) is 4.80. The van der Waals surface area contributed by atoms with Gasteiger partial charge in [0.2, 0.25) is 0 Å². The largest absolute Gasteiger partial charge is 0.224 e. The van der Waals surface area contributed by atoms with Crippen LogP contribution in [0.4, 0.5) is 0 Å². The molecule has 0 aromatic heterocycles. The lowest BCUT2D eigenvalue weighted by Gasteiger charge is -2.23. The lowest BCUT2D eigenvalue weighted by Crippen LogP contribution is -2.20. The van der Waals surface area contributed by atoms with Crippen molar-refractivity contribution in [3.8, 4) is 0 Å². The molecule has 14 heavy (non-hydrogen) atoms. The van der Waals surface area contributed by atoms with Crippen molar-refractivity contribution in [1.29, 1.82) is 0 Å². The fourth-order valence-electron chi connectivity index (χ4n) is 1.82. The summed E-state index contributed by atoms with van der Waals surface area (Å²) in [6, 6.07) is 7.15. The van der Waals surface area contributed by atoms with Crippen molar-refractivity contribution < 1.29 is 8.42 Å². The molecule has 0 saturated carbocycles. The Bertz CT molecular complexity index is 439. The predicted octanol–water partition coefficient (Wildman–Crippen LogP) is 2.19. The van der Waals surface area contributed by atoms with Crippen LogP contribution in [0.5, 0.6) is 0 Å². The van der Waals surface area contributed by atoms with Gasteiger partial charge in [0.1, 0.15) is 0 Å². The fourth-order valence-corrected chi connectivity index (χ4v) is 3.84. The molecule has 0 spiro atoms. The zero-order chi connectivity index (χ0) is 10.2. The van der Waals surface area contributed by atoms with E-state index in [2.05, 4.69) is 0 Å². The zero-order valence-corrected chi connectivity index (χ0v) is 9.18. The van der Waals surface area contributed by atoms with Crippen molar-refractivity contribution in [2.75, 3.05) is 11.6 Å². The molecule has 2 rings (SSSR count). The van der Waals surface area contributed by atoms with E-state index in [1.54, 1.807) is 12.1 Å². The summed E-state index contributed by atoms with van der Waals surface area (Å²) in [6.07, 6.45) is 0.642. The molecule has 1 unspecified atom stereocenters. The van der Waals surface area contributed by atoms with Crippen molar-refractivity contribution in [3.63, 3.8) is 0 Å². The average Bonchev–Trinajstić information content (AvgIpc) is 2.18. The molecular formula is C10H11ClO2S. The second-order valence-corrected chi connectivity index (χ2v) is 5.88. The summed E-state index contributed by atoms with van der Waals surface area (Å²) in [5.41, 5.74) is 0.883. The number of sulfone groups is 1. The molecule has 4 heteroatoms. The Labute approximate surface area is 88.8 Å². The summed E-state index contributed by atoms with van der Waals surface area (Å²) in [4.78, 5) is 0.469. The van der Waals surface area contributed by atoms with E-state index < -0.39 is 9.84 Å². The van der Waals surface area contributed by atoms with Crippen LogP contribution < -0.4 is 0 Å². The normalized spacial score (nSPS) is 24.2. The van der Waals surface area contributed by atoms with Gasteiger partial charge in [0.15, 0.2) is 9.84 Å². The summed E-state index contributed by atoms with van der Waals surface area (Å²) in [5.74, 6) is 0.907. The lowest BCUT2D eigenvalue weighted by molar-refractivity contribution is 0.575. The van der Waals surface area contributed by atoms with E-state index in [9.17, 15) is 8.42 Å². The highest BCUT2D eigenvalue weighted by Crippen LogP contribution is 2.33. The van der Waals surface area contributed by atoms with E-state index in [0.29, 0.717) is 17.2 Å². The van der Waals surface area contributed by atoms with Gasteiger partial charge in [-0.05, 0) is 24.0 Å². The van der Waals surface area contributed by atoms with Gasteiger partial charge in [0, 0.05) is 5.88 Å². The van der Waals surface area contributed by atoms with E-state index in [1.165, 1.54) is 0 Å². The Morgan fingerprint density at radius 3 is 2.79 bits per heavy atom. The highest BCUT2D eigenvalue weighted by Gasteiger charge is 2.28. The minimum Gasteiger partial charge on any atom is -0.224 e. The quantitative estimate of drug-likeness (QED) is 0.693. The van der Waals surface area contributed by atoms with Crippen LogP contribution in [-0.4, -0.2) is 20.1 Å². The van der Waals surface area contributed by atoms with Gasteiger partial charge < -0.3 is 0 Å². The van der Waals surface area contributed by atoms with Crippen LogP contribution >= 0.6 is 11.6 Å². The van der Waals surface area contributed by atoms with Gasteiger partial charge in [-0.3, -0.25) is 0 Å². The molecule has 0 aliphatic carbocycles. The SMILES string of the molecule is O=S1(=O)CCC(CCl)c2ccccc21. The highest BCUT2D eigenvalue weighted by atomic mass is 35.5. The summed E-state index contributed by atoms with van der Waals surface area (Å²) in [7, 11) is -3.04. The first kappa shape index (κ1) is 9.99. The molecule has 1 aromatic carbocycles. The maximum atomic E-state index is 11.7. The number of alkyl halides is 1. The summed E-state index contributed by atoms with van der Waals surface area (Å²) < 4.78 is 23.4. The van der Waals surface area contributed by atoms with E-state index in [4.69, 9.17) is 11.6 Å².